The van der Waals surface area contributed by atoms with Gasteiger partial charge < -0.3 is 0 Å². The van der Waals surface area contributed by atoms with E-state index in [0.29, 0.717) is 15.9 Å². The smallest absolute Gasteiger partial charge is 0.207 e. The molecule has 112 valence electrons. The van der Waals surface area contributed by atoms with Gasteiger partial charge in [0.25, 0.3) is 0 Å². The van der Waals surface area contributed by atoms with E-state index in [1.807, 2.05) is 19.9 Å². The topological polar surface area (TPSA) is 37.4 Å². The van der Waals surface area contributed by atoms with Crippen LogP contribution in [0.4, 0.5) is 0 Å². The van der Waals surface area contributed by atoms with Gasteiger partial charge in [-0.05, 0) is 60.3 Å². The Morgan fingerprint density at radius 2 is 1.85 bits per heavy atom. The van der Waals surface area contributed by atoms with E-state index in [1.165, 1.54) is 0 Å². The second-order valence-corrected chi connectivity index (χ2v) is 8.91. The fourth-order valence-electron chi connectivity index (χ4n) is 2.56. The Balaban J connectivity index is 2.46. The monoisotopic (exact) mass is 423 g/mol. The molecule has 3 nitrogen and oxygen atoms in total. The van der Waals surface area contributed by atoms with Gasteiger partial charge in [-0.15, -0.1) is 0 Å². The van der Waals surface area contributed by atoms with E-state index in [1.54, 1.807) is 10.4 Å². The summed E-state index contributed by atoms with van der Waals surface area (Å²) in [5, 5.41) is 0. The van der Waals surface area contributed by atoms with Crippen molar-refractivity contribution in [1.29, 1.82) is 0 Å². The van der Waals surface area contributed by atoms with Crippen molar-refractivity contribution in [3.8, 4) is 0 Å². The third-order valence-corrected chi connectivity index (χ3v) is 7.62. The van der Waals surface area contributed by atoms with Gasteiger partial charge >= 0.3 is 0 Å². The highest BCUT2D eigenvalue weighted by atomic mass is 79.9. The van der Waals surface area contributed by atoms with Gasteiger partial charge in [0.2, 0.25) is 10.0 Å². The van der Waals surface area contributed by atoms with Gasteiger partial charge in [0, 0.05) is 21.5 Å². The van der Waals surface area contributed by atoms with Gasteiger partial charge in [-0.25, -0.2) is 8.42 Å². The lowest BCUT2D eigenvalue weighted by molar-refractivity contribution is 0.342. The van der Waals surface area contributed by atoms with Crippen molar-refractivity contribution in [1.82, 2.24) is 4.31 Å². The quantitative estimate of drug-likeness (QED) is 0.701. The van der Waals surface area contributed by atoms with Crippen molar-refractivity contribution in [2.75, 3.05) is 6.54 Å². The molecule has 0 radical (unpaired) electrons. The van der Waals surface area contributed by atoms with E-state index in [9.17, 15) is 8.42 Å². The highest BCUT2D eigenvalue weighted by molar-refractivity contribution is 9.11. The number of halogens is 2. The van der Waals surface area contributed by atoms with E-state index in [2.05, 4.69) is 31.9 Å². The lowest BCUT2D eigenvalue weighted by Crippen LogP contribution is -2.38. The fourth-order valence-corrected chi connectivity index (χ4v) is 5.90. The minimum absolute atomic E-state index is 0.0643. The molecule has 1 aromatic carbocycles. The zero-order valence-corrected chi connectivity index (χ0v) is 15.7. The SMILES string of the molecule is Cc1cc(Br)c(S(=O)(=O)N2CCCCCC2C)cc1Br. The number of hydrogen-bond donors (Lipinski definition) is 0. The molecule has 20 heavy (non-hydrogen) atoms. The third-order valence-electron chi connectivity index (χ3n) is 3.79. The molecule has 0 N–H and O–H groups in total. The van der Waals surface area contributed by atoms with Gasteiger partial charge in [0.05, 0.1) is 4.90 Å². The van der Waals surface area contributed by atoms with Gasteiger partial charge in [-0.1, -0.05) is 28.8 Å². The van der Waals surface area contributed by atoms with Crippen molar-refractivity contribution in [3.63, 3.8) is 0 Å². The predicted molar refractivity (Wildman–Crippen MR) is 88.4 cm³/mol. The van der Waals surface area contributed by atoms with Crippen molar-refractivity contribution in [3.05, 3.63) is 26.6 Å². The molecule has 1 fully saturated rings. The molecule has 0 aromatic heterocycles. The van der Waals surface area contributed by atoms with Crippen molar-refractivity contribution in [2.24, 2.45) is 0 Å². The maximum Gasteiger partial charge on any atom is 0.244 e. The first-order valence-corrected chi connectivity index (χ1v) is 9.84. The Bertz CT molecular complexity index is 601. The van der Waals surface area contributed by atoms with Crippen LogP contribution in [0.25, 0.3) is 0 Å². The van der Waals surface area contributed by atoms with Crippen LogP contribution in [0.2, 0.25) is 0 Å². The average molecular weight is 425 g/mol. The Morgan fingerprint density at radius 1 is 1.15 bits per heavy atom. The van der Waals surface area contributed by atoms with Gasteiger partial charge in [-0.2, -0.15) is 4.31 Å². The largest absolute Gasteiger partial charge is 0.244 e. The summed E-state index contributed by atoms with van der Waals surface area (Å²) >= 11 is 6.82. The molecular weight excluding hydrogens is 406 g/mol. The zero-order chi connectivity index (χ0) is 14.9. The molecule has 0 amide bonds. The normalized spacial score (nSPS) is 21.7. The Labute approximate surface area is 138 Å². The van der Waals surface area contributed by atoms with E-state index >= 15 is 0 Å². The first-order valence-electron chi connectivity index (χ1n) is 6.81. The van der Waals surface area contributed by atoms with Crippen LogP contribution in [0.5, 0.6) is 0 Å². The van der Waals surface area contributed by atoms with Crippen LogP contribution in [0.3, 0.4) is 0 Å². The molecule has 1 atom stereocenters. The molecule has 1 saturated heterocycles. The third kappa shape index (κ3) is 3.29. The Morgan fingerprint density at radius 3 is 2.55 bits per heavy atom. The van der Waals surface area contributed by atoms with E-state index < -0.39 is 10.0 Å². The van der Waals surface area contributed by atoms with Crippen LogP contribution in [-0.4, -0.2) is 25.3 Å². The molecular formula is C14H19Br2NO2S. The molecule has 1 aliphatic rings. The maximum atomic E-state index is 12.9. The van der Waals surface area contributed by atoms with E-state index in [0.717, 1.165) is 35.7 Å². The maximum absolute atomic E-state index is 12.9. The van der Waals surface area contributed by atoms with E-state index in [4.69, 9.17) is 0 Å². The average Bonchev–Trinajstić information content (AvgIpc) is 2.58. The lowest BCUT2D eigenvalue weighted by Gasteiger charge is -2.27. The Hall–Kier alpha value is 0.0900. The van der Waals surface area contributed by atoms with Crippen molar-refractivity contribution < 1.29 is 8.42 Å². The first kappa shape index (κ1) is 16.5. The molecule has 0 aliphatic carbocycles. The molecule has 0 saturated carbocycles. The van der Waals surface area contributed by atoms with Gasteiger partial charge in [0.1, 0.15) is 0 Å². The summed E-state index contributed by atoms with van der Waals surface area (Å²) in [6.45, 7) is 4.56. The Kier molecular flexibility index (Phi) is 5.32. The van der Waals surface area contributed by atoms with Crippen LogP contribution in [0.15, 0.2) is 26.0 Å². The van der Waals surface area contributed by atoms with Crippen LogP contribution in [0.1, 0.15) is 38.2 Å². The summed E-state index contributed by atoms with van der Waals surface area (Å²) in [6, 6.07) is 3.61. The summed E-state index contributed by atoms with van der Waals surface area (Å²) in [7, 11) is -3.45. The summed E-state index contributed by atoms with van der Waals surface area (Å²) in [6.07, 6.45) is 4.08. The fraction of sp³-hybridized carbons (Fsp3) is 0.571. The summed E-state index contributed by atoms with van der Waals surface area (Å²) in [4.78, 5) is 0.351. The molecule has 2 rings (SSSR count). The van der Waals surface area contributed by atoms with Crippen LogP contribution < -0.4 is 0 Å². The minimum atomic E-state index is -3.45. The molecule has 1 heterocycles. The number of rotatable bonds is 2. The van der Waals surface area contributed by atoms with Crippen LogP contribution >= 0.6 is 31.9 Å². The summed E-state index contributed by atoms with van der Waals surface area (Å²) in [5.41, 5.74) is 1.01. The predicted octanol–water partition coefficient (Wildman–Crippen LogP) is 4.47. The zero-order valence-electron chi connectivity index (χ0n) is 11.7. The highest BCUT2D eigenvalue weighted by Gasteiger charge is 2.31. The second-order valence-electron chi connectivity index (χ2n) is 5.35. The molecule has 1 unspecified atom stereocenters. The molecule has 1 aromatic rings. The number of benzene rings is 1. The number of hydrogen-bond acceptors (Lipinski definition) is 2. The molecule has 6 heteroatoms. The van der Waals surface area contributed by atoms with Gasteiger partial charge in [0.15, 0.2) is 0 Å². The minimum Gasteiger partial charge on any atom is -0.207 e. The number of nitrogens with zero attached hydrogens (tertiary/aromatic N) is 1. The number of sulfonamides is 1. The van der Waals surface area contributed by atoms with Crippen LogP contribution in [0, 0.1) is 6.92 Å². The number of aryl methyl sites for hydroxylation is 1. The molecule has 0 bridgehead atoms. The molecule has 1 aliphatic heterocycles. The first-order chi connectivity index (χ1) is 9.34. The van der Waals surface area contributed by atoms with E-state index in [-0.39, 0.29) is 6.04 Å². The molecule has 0 spiro atoms. The van der Waals surface area contributed by atoms with Crippen LogP contribution in [-0.2, 0) is 10.0 Å². The standard InChI is InChI=1S/C14H19Br2NO2S/c1-10-8-13(16)14(9-12(10)15)20(18,19)17-7-5-3-4-6-11(17)2/h8-9,11H,3-7H2,1-2H3. The van der Waals surface area contributed by atoms with Crippen molar-refractivity contribution in [2.45, 2.75) is 50.5 Å². The lowest BCUT2D eigenvalue weighted by atomic mass is 10.1. The second kappa shape index (κ2) is 6.46. The van der Waals surface area contributed by atoms with Gasteiger partial charge in [-0.3, -0.25) is 0 Å². The van der Waals surface area contributed by atoms with Crippen molar-refractivity contribution >= 4 is 41.9 Å². The highest BCUT2D eigenvalue weighted by Crippen LogP contribution is 2.33. The summed E-state index contributed by atoms with van der Waals surface area (Å²) < 4.78 is 28.9. The summed E-state index contributed by atoms with van der Waals surface area (Å²) in [5.74, 6) is 0.